The van der Waals surface area contributed by atoms with Crippen LogP contribution < -0.4 is 0 Å². The number of aliphatic hydroxyl groups is 1. The van der Waals surface area contributed by atoms with Crippen LogP contribution in [0.25, 0.3) is 0 Å². The standard InChI is InChI=1S/C15H19FO2/c1-10-7-12(9-13(16)8-10)15(18)14(17)11-5-3-2-4-6-11/h7-9,11,14,17H,2-6H2,1H3. The summed E-state index contributed by atoms with van der Waals surface area (Å²) in [5.74, 6) is -0.728. The largest absolute Gasteiger partial charge is 0.385 e. The Morgan fingerprint density at radius 1 is 1.28 bits per heavy atom. The van der Waals surface area contributed by atoms with E-state index in [9.17, 15) is 14.3 Å². The highest BCUT2D eigenvalue weighted by molar-refractivity contribution is 5.99. The molecule has 1 N–H and O–H groups in total. The molecular weight excluding hydrogens is 231 g/mol. The summed E-state index contributed by atoms with van der Waals surface area (Å²) in [5, 5.41) is 10.1. The molecular formula is C15H19FO2. The van der Waals surface area contributed by atoms with Crippen molar-refractivity contribution in [1.29, 1.82) is 0 Å². The number of ketones is 1. The van der Waals surface area contributed by atoms with Crippen molar-refractivity contribution < 1.29 is 14.3 Å². The first-order valence-electron chi connectivity index (χ1n) is 6.57. The average molecular weight is 250 g/mol. The molecule has 0 radical (unpaired) electrons. The first-order valence-corrected chi connectivity index (χ1v) is 6.57. The summed E-state index contributed by atoms with van der Waals surface area (Å²) in [5.41, 5.74) is 0.986. The zero-order chi connectivity index (χ0) is 13.1. The van der Waals surface area contributed by atoms with Crippen LogP contribution in [0.1, 0.15) is 48.0 Å². The number of carbonyl (C=O) groups excluding carboxylic acids is 1. The van der Waals surface area contributed by atoms with Gasteiger partial charge >= 0.3 is 0 Å². The highest BCUT2D eigenvalue weighted by Crippen LogP contribution is 2.28. The Balaban J connectivity index is 2.14. The molecule has 1 aromatic carbocycles. The van der Waals surface area contributed by atoms with Gasteiger partial charge in [0.2, 0.25) is 0 Å². The van der Waals surface area contributed by atoms with E-state index < -0.39 is 11.9 Å². The van der Waals surface area contributed by atoms with E-state index in [4.69, 9.17) is 0 Å². The summed E-state index contributed by atoms with van der Waals surface area (Å²) in [6.07, 6.45) is 4.11. The van der Waals surface area contributed by atoms with Crippen molar-refractivity contribution in [2.24, 2.45) is 5.92 Å². The van der Waals surface area contributed by atoms with E-state index in [0.717, 1.165) is 25.7 Å². The summed E-state index contributed by atoms with van der Waals surface area (Å²) in [7, 11) is 0. The Labute approximate surface area is 107 Å². The maximum Gasteiger partial charge on any atom is 0.191 e. The van der Waals surface area contributed by atoms with Crippen molar-refractivity contribution in [1.82, 2.24) is 0 Å². The number of benzene rings is 1. The van der Waals surface area contributed by atoms with E-state index in [1.54, 1.807) is 13.0 Å². The van der Waals surface area contributed by atoms with Crippen molar-refractivity contribution >= 4 is 5.78 Å². The fraction of sp³-hybridized carbons (Fsp3) is 0.533. The van der Waals surface area contributed by atoms with Crippen LogP contribution in [-0.2, 0) is 0 Å². The molecule has 1 fully saturated rings. The van der Waals surface area contributed by atoms with Crippen LogP contribution in [0, 0.1) is 18.7 Å². The van der Waals surface area contributed by atoms with Crippen molar-refractivity contribution in [3.63, 3.8) is 0 Å². The number of aliphatic hydroxyl groups excluding tert-OH is 1. The minimum absolute atomic E-state index is 0.0369. The number of rotatable bonds is 3. The number of carbonyl (C=O) groups is 1. The lowest BCUT2D eigenvalue weighted by molar-refractivity contribution is 0.0534. The van der Waals surface area contributed by atoms with Crippen LogP contribution >= 0.6 is 0 Å². The lowest BCUT2D eigenvalue weighted by Gasteiger charge is -2.25. The third-order valence-electron chi connectivity index (χ3n) is 3.69. The normalized spacial score (nSPS) is 18.6. The Bertz CT molecular complexity index is 416. The molecule has 1 unspecified atom stereocenters. The molecule has 18 heavy (non-hydrogen) atoms. The molecule has 0 aliphatic heterocycles. The summed E-state index contributed by atoms with van der Waals surface area (Å²) >= 11 is 0. The van der Waals surface area contributed by atoms with Crippen molar-refractivity contribution in [2.45, 2.75) is 45.1 Å². The zero-order valence-corrected chi connectivity index (χ0v) is 10.7. The summed E-state index contributed by atoms with van der Waals surface area (Å²) in [6, 6.07) is 4.22. The maximum atomic E-state index is 13.3. The third-order valence-corrected chi connectivity index (χ3v) is 3.69. The molecule has 0 saturated heterocycles. The molecule has 1 saturated carbocycles. The van der Waals surface area contributed by atoms with Gasteiger partial charge in [0, 0.05) is 5.56 Å². The molecule has 0 heterocycles. The molecule has 0 amide bonds. The van der Waals surface area contributed by atoms with Crippen LogP contribution in [0.15, 0.2) is 18.2 Å². The Kier molecular flexibility index (Phi) is 4.12. The third kappa shape index (κ3) is 2.96. The van der Waals surface area contributed by atoms with Gasteiger partial charge in [-0.15, -0.1) is 0 Å². The Morgan fingerprint density at radius 2 is 1.94 bits per heavy atom. The van der Waals surface area contributed by atoms with Gasteiger partial charge in [-0.2, -0.15) is 0 Å². The Hall–Kier alpha value is -1.22. The summed E-state index contributed by atoms with van der Waals surface area (Å²) in [6.45, 7) is 1.74. The maximum absolute atomic E-state index is 13.3. The van der Waals surface area contributed by atoms with Crippen LogP contribution in [0.5, 0.6) is 0 Å². The monoisotopic (exact) mass is 250 g/mol. The SMILES string of the molecule is Cc1cc(F)cc(C(=O)C(O)C2CCCCC2)c1. The van der Waals surface area contributed by atoms with Gasteiger partial charge in [-0.05, 0) is 49.4 Å². The molecule has 2 nitrogen and oxygen atoms in total. The van der Waals surface area contributed by atoms with E-state index in [-0.39, 0.29) is 17.3 Å². The molecule has 1 atom stereocenters. The second kappa shape index (κ2) is 5.61. The highest BCUT2D eigenvalue weighted by atomic mass is 19.1. The van der Waals surface area contributed by atoms with E-state index in [2.05, 4.69) is 0 Å². The van der Waals surface area contributed by atoms with E-state index in [0.29, 0.717) is 5.56 Å². The van der Waals surface area contributed by atoms with Crippen molar-refractivity contribution in [3.05, 3.63) is 35.1 Å². The number of hydrogen-bond acceptors (Lipinski definition) is 2. The van der Waals surface area contributed by atoms with Gasteiger partial charge in [0.1, 0.15) is 11.9 Å². The minimum Gasteiger partial charge on any atom is -0.385 e. The number of hydrogen-bond donors (Lipinski definition) is 1. The molecule has 0 bridgehead atoms. The predicted octanol–water partition coefficient (Wildman–Crippen LogP) is 3.26. The topological polar surface area (TPSA) is 37.3 Å². The molecule has 3 heteroatoms. The molecule has 98 valence electrons. The lowest BCUT2D eigenvalue weighted by atomic mass is 9.82. The first kappa shape index (κ1) is 13.2. The number of Topliss-reactive ketones (excluding diaryl/α,β-unsaturated/α-hetero) is 1. The number of halogens is 1. The van der Waals surface area contributed by atoms with E-state index >= 15 is 0 Å². The lowest BCUT2D eigenvalue weighted by Crippen LogP contribution is -2.31. The van der Waals surface area contributed by atoms with Gasteiger partial charge in [0.15, 0.2) is 5.78 Å². The van der Waals surface area contributed by atoms with Crippen molar-refractivity contribution in [3.8, 4) is 0 Å². The fourth-order valence-electron chi connectivity index (χ4n) is 2.71. The van der Waals surface area contributed by atoms with Gasteiger partial charge in [0.25, 0.3) is 0 Å². The first-order chi connectivity index (χ1) is 8.58. The quantitative estimate of drug-likeness (QED) is 0.836. The molecule has 1 aliphatic rings. The van der Waals surface area contributed by atoms with Crippen LogP contribution in [0.3, 0.4) is 0 Å². The van der Waals surface area contributed by atoms with Crippen LogP contribution in [0.4, 0.5) is 4.39 Å². The summed E-state index contributed by atoms with van der Waals surface area (Å²) in [4.78, 5) is 12.1. The second-order valence-electron chi connectivity index (χ2n) is 5.22. The summed E-state index contributed by atoms with van der Waals surface area (Å²) < 4.78 is 13.3. The van der Waals surface area contributed by atoms with Gasteiger partial charge < -0.3 is 5.11 Å². The molecule has 0 spiro atoms. The highest BCUT2D eigenvalue weighted by Gasteiger charge is 2.28. The van der Waals surface area contributed by atoms with Crippen molar-refractivity contribution in [2.75, 3.05) is 0 Å². The molecule has 2 rings (SSSR count). The number of aryl methyl sites for hydroxylation is 1. The van der Waals surface area contributed by atoms with Gasteiger partial charge in [0.05, 0.1) is 0 Å². The molecule has 1 aromatic rings. The van der Waals surface area contributed by atoms with Gasteiger partial charge in [-0.25, -0.2) is 4.39 Å². The minimum atomic E-state index is -0.980. The zero-order valence-electron chi connectivity index (χ0n) is 10.7. The molecule has 1 aliphatic carbocycles. The average Bonchev–Trinajstić information content (AvgIpc) is 2.37. The predicted molar refractivity (Wildman–Crippen MR) is 68.0 cm³/mol. The van der Waals surface area contributed by atoms with Crippen LogP contribution in [-0.4, -0.2) is 17.0 Å². The Morgan fingerprint density at radius 3 is 2.56 bits per heavy atom. The fourth-order valence-corrected chi connectivity index (χ4v) is 2.71. The smallest absolute Gasteiger partial charge is 0.191 e. The van der Waals surface area contributed by atoms with E-state index in [1.165, 1.54) is 18.6 Å². The van der Waals surface area contributed by atoms with E-state index in [1.807, 2.05) is 0 Å². The van der Waals surface area contributed by atoms with Gasteiger partial charge in [-0.1, -0.05) is 19.3 Å². The molecule has 0 aromatic heterocycles. The van der Waals surface area contributed by atoms with Crippen LogP contribution in [0.2, 0.25) is 0 Å². The second-order valence-corrected chi connectivity index (χ2v) is 5.22. The van der Waals surface area contributed by atoms with Gasteiger partial charge in [-0.3, -0.25) is 4.79 Å².